The zero-order valence-corrected chi connectivity index (χ0v) is 16.9. The molecule has 0 bridgehead atoms. The van der Waals surface area contributed by atoms with Crippen molar-refractivity contribution in [3.63, 3.8) is 0 Å². The lowest BCUT2D eigenvalue weighted by atomic mass is 9.84. The Labute approximate surface area is 168 Å². The predicted octanol–water partition coefficient (Wildman–Crippen LogP) is 5.74. The monoisotopic (exact) mass is 378 g/mol. The molecular weight excluding hydrogens is 348 g/mol. The number of benzene rings is 2. The third-order valence-corrected chi connectivity index (χ3v) is 6.37. The molecule has 28 heavy (non-hydrogen) atoms. The molecule has 2 fully saturated rings. The minimum Gasteiger partial charge on any atom is -0.497 e. The highest BCUT2D eigenvalue weighted by atomic mass is 16.5. The second-order valence-corrected chi connectivity index (χ2v) is 8.38. The third-order valence-electron chi connectivity index (χ3n) is 6.37. The van der Waals surface area contributed by atoms with E-state index in [1.807, 2.05) is 24.3 Å². The van der Waals surface area contributed by atoms with Gasteiger partial charge in [-0.05, 0) is 84.7 Å². The second-order valence-electron chi connectivity index (χ2n) is 8.38. The van der Waals surface area contributed by atoms with Crippen molar-refractivity contribution in [1.82, 2.24) is 0 Å². The van der Waals surface area contributed by atoms with Gasteiger partial charge in [0, 0.05) is 12.8 Å². The van der Waals surface area contributed by atoms with Crippen LogP contribution in [0, 0.1) is 11.8 Å². The molecule has 2 atom stereocenters. The lowest BCUT2D eigenvalue weighted by Gasteiger charge is -2.20. The van der Waals surface area contributed by atoms with Gasteiger partial charge in [-0.2, -0.15) is 0 Å². The summed E-state index contributed by atoms with van der Waals surface area (Å²) in [6.07, 6.45) is 6.30. The topological polar surface area (TPSA) is 35.5 Å². The minimum atomic E-state index is 0.356. The fourth-order valence-electron chi connectivity index (χ4n) is 4.39. The molecule has 2 aliphatic rings. The lowest BCUT2D eigenvalue weighted by Crippen LogP contribution is -2.14. The van der Waals surface area contributed by atoms with E-state index in [1.165, 1.54) is 36.8 Å². The zero-order valence-electron chi connectivity index (χ0n) is 16.9. The van der Waals surface area contributed by atoms with Crippen LogP contribution in [0.25, 0.3) is 0 Å². The van der Waals surface area contributed by atoms with Crippen LogP contribution in [0.1, 0.15) is 61.5 Å². The van der Waals surface area contributed by atoms with Gasteiger partial charge in [-0.1, -0.05) is 24.3 Å². The summed E-state index contributed by atoms with van der Waals surface area (Å²) in [4.78, 5) is 13.1. The van der Waals surface area contributed by atoms with Crippen LogP contribution in [-0.4, -0.2) is 20.0 Å². The molecule has 0 saturated heterocycles. The molecule has 148 valence electrons. The normalized spacial score (nSPS) is 18.4. The highest BCUT2D eigenvalue weighted by molar-refractivity contribution is 5.80. The van der Waals surface area contributed by atoms with Gasteiger partial charge < -0.3 is 9.47 Å². The third kappa shape index (κ3) is 4.57. The smallest absolute Gasteiger partial charge is 0.134 e. The van der Waals surface area contributed by atoms with E-state index in [4.69, 9.17) is 9.47 Å². The summed E-state index contributed by atoms with van der Waals surface area (Å²) >= 11 is 0. The van der Waals surface area contributed by atoms with E-state index in [-0.39, 0.29) is 0 Å². The lowest BCUT2D eigenvalue weighted by molar-refractivity contribution is -0.120. The molecular formula is C25H30O3. The molecule has 0 radical (unpaired) electrons. The molecule has 0 N–H and O–H groups in total. The number of hydrogen-bond donors (Lipinski definition) is 0. The minimum absolute atomic E-state index is 0.356. The van der Waals surface area contributed by atoms with Crippen molar-refractivity contribution < 1.29 is 14.3 Å². The van der Waals surface area contributed by atoms with Crippen LogP contribution in [0.5, 0.6) is 11.5 Å². The molecule has 0 spiro atoms. The fraction of sp³-hybridized carbons (Fsp3) is 0.480. The summed E-state index contributed by atoms with van der Waals surface area (Å²) in [5.74, 6) is 4.19. The van der Waals surface area contributed by atoms with E-state index in [2.05, 4.69) is 24.3 Å². The van der Waals surface area contributed by atoms with Gasteiger partial charge in [0.1, 0.15) is 17.3 Å². The highest BCUT2D eigenvalue weighted by Crippen LogP contribution is 2.48. The molecule has 0 unspecified atom stereocenters. The van der Waals surface area contributed by atoms with Crippen LogP contribution in [0.2, 0.25) is 0 Å². The van der Waals surface area contributed by atoms with Crippen LogP contribution in [0.4, 0.5) is 0 Å². The molecule has 2 aromatic carbocycles. The Morgan fingerprint density at radius 1 is 0.750 bits per heavy atom. The Kier molecular flexibility index (Phi) is 5.70. The van der Waals surface area contributed by atoms with Gasteiger partial charge in [-0.25, -0.2) is 0 Å². The molecule has 3 heteroatoms. The molecule has 2 aromatic rings. The first-order valence-corrected chi connectivity index (χ1v) is 10.5. The largest absolute Gasteiger partial charge is 0.497 e. The van der Waals surface area contributed by atoms with E-state index in [1.54, 1.807) is 14.2 Å². The number of hydrogen-bond acceptors (Lipinski definition) is 3. The van der Waals surface area contributed by atoms with Gasteiger partial charge in [0.05, 0.1) is 14.2 Å². The number of ether oxygens (including phenoxy) is 2. The van der Waals surface area contributed by atoms with Crippen molar-refractivity contribution >= 4 is 5.78 Å². The summed E-state index contributed by atoms with van der Waals surface area (Å²) in [5.41, 5.74) is 2.56. The van der Waals surface area contributed by atoms with E-state index < -0.39 is 0 Å². The predicted molar refractivity (Wildman–Crippen MR) is 111 cm³/mol. The first-order valence-electron chi connectivity index (χ1n) is 10.5. The number of carbonyl (C=O) groups is 1. The molecule has 3 nitrogen and oxygen atoms in total. The Hall–Kier alpha value is -2.29. The number of rotatable bonds is 10. The van der Waals surface area contributed by atoms with Crippen LogP contribution < -0.4 is 9.47 Å². The average molecular weight is 379 g/mol. The van der Waals surface area contributed by atoms with E-state index in [9.17, 15) is 4.79 Å². The summed E-state index contributed by atoms with van der Waals surface area (Å²) in [6, 6.07) is 16.6. The van der Waals surface area contributed by atoms with Gasteiger partial charge in [0.25, 0.3) is 0 Å². The molecule has 0 aliphatic heterocycles. The zero-order chi connectivity index (χ0) is 19.5. The van der Waals surface area contributed by atoms with Gasteiger partial charge in [-0.3, -0.25) is 4.79 Å². The second kappa shape index (κ2) is 8.38. The van der Waals surface area contributed by atoms with Crippen molar-refractivity contribution in [2.45, 2.75) is 50.4 Å². The first kappa shape index (κ1) is 19.0. The number of carbonyl (C=O) groups excluding carboxylic acids is 1. The molecule has 2 aliphatic carbocycles. The summed E-state index contributed by atoms with van der Waals surface area (Å²) in [5, 5.41) is 0. The van der Waals surface area contributed by atoms with Crippen molar-refractivity contribution in [2.75, 3.05) is 14.2 Å². The van der Waals surface area contributed by atoms with Crippen LogP contribution in [0.3, 0.4) is 0 Å². The van der Waals surface area contributed by atoms with Gasteiger partial charge in [0.15, 0.2) is 0 Å². The SMILES string of the molecule is COc1ccc([C@@H](CC(=O)C[C@@H](c2ccc(OC)cc2)C2CC2)C2CC2)cc1. The standard InChI is InChI=1S/C25H30O3/c1-27-22-11-7-19(8-12-22)24(17-3-4-17)15-21(26)16-25(18-5-6-18)20-9-13-23(28-2)14-10-20/h7-14,17-18,24-25H,3-6,15-16H2,1-2H3/t24-,25+. The van der Waals surface area contributed by atoms with Crippen molar-refractivity contribution in [3.8, 4) is 11.5 Å². The van der Waals surface area contributed by atoms with E-state index in [0.717, 1.165) is 11.5 Å². The number of Topliss-reactive ketones (excluding diaryl/α,β-unsaturated/α-hetero) is 1. The summed E-state index contributed by atoms with van der Waals surface area (Å²) in [6.45, 7) is 0. The maximum atomic E-state index is 13.1. The Bertz CT molecular complexity index is 718. The summed E-state index contributed by atoms with van der Waals surface area (Å²) < 4.78 is 10.6. The van der Waals surface area contributed by atoms with Crippen molar-refractivity contribution in [3.05, 3.63) is 59.7 Å². The summed E-state index contributed by atoms with van der Waals surface area (Å²) in [7, 11) is 3.38. The Morgan fingerprint density at radius 2 is 1.11 bits per heavy atom. The van der Waals surface area contributed by atoms with Crippen LogP contribution >= 0.6 is 0 Å². The van der Waals surface area contributed by atoms with Gasteiger partial charge in [-0.15, -0.1) is 0 Å². The fourth-order valence-corrected chi connectivity index (χ4v) is 4.39. The van der Waals surface area contributed by atoms with Crippen molar-refractivity contribution in [2.24, 2.45) is 11.8 Å². The quantitative estimate of drug-likeness (QED) is 0.529. The number of ketones is 1. The first-order chi connectivity index (χ1) is 13.7. The molecule has 0 heterocycles. The van der Waals surface area contributed by atoms with E-state index in [0.29, 0.717) is 42.3 Å². The highest BCUT2D eigenvalue weighted by Gasteiger charge is 2.37. The Morgan fingerprint density at radius 3 is 1.39 bits per heavy atom. The molecule has 2 saturated carbocycles. The molecule has 0 aromatic heterocycles. The number of methoxy groups -OCH3 is 2. The van der Waals surface area contributed by atoms with Gasteiger partial charge in [0.2, 0.25) is 0 Å². The van der Waals surface area contributed by atoms with Crippen LogP contribution in [0.15, 0.2) is 48.5 Å². The Balaban J connectivity index is 1.44. The average Bonchev–Trinajstić information content (AvgIpc) is 3.64. The maximum Gasteiger partial charge on any atom is 0.134 e. The maximum absolute atomic E-state index is 13.1. The van der Waals surface area contributed by atoms with E-state index >= 15 is 0 Å². The molecule has 0 amide bonds. The van der Waals surface area contributed by atoms with Crippen molar-refractivity contribution in [1.29, 1.82) is 0 Å². The van der Waals surface area contributed by atoms with Gasteiger partial charge >= 0.3 is 0 Å². The molecule has 4 rings (SSSR count). The van der Waals surface area contributed by atoms with Crippen LogP contribution in [-0.2, 0) is 4.79 Å².